The number of hydrogen-bond donors (Lipinski definition) is 1. The van der Waals surface area contributed by atoms with Crippen molar-refractivity contribution in [2.75, 3.05) is 20.6 Å². The Balaban J connectivity index is 2.92. The summed E-state index contributed by atoms with van der Waals surface area (Å²) in [7, 11) is 3.50. The molecule has 0 spiro atoms. The highest BCUT2D eigenvalue weighted by atomic mass is 16.2. The van der Waals surface area contributed by atoms with Crippen LogP contribution in [-0.4, -0.2) is 31.4 Å². The second kappa shape index (κ2) is 4.94. The summed E-state index contributed by atoms with van der Waals surface area (Å²) in [4.78, 5) is 13.4. The van der Waals surface area contributed by atoms with Gasteiger partial charge in [-0.05, 0) is 12.5 Å². The molecule has 0 aliphatic rings. The van der Waals surface area contributed by atoms with Crippen LogP contribution in [0.3, 0.4) is 0 Å². The van der Waals surface area contributed by atoms with E-state index in [2.05, 4.69) is 0 Å². The number of nitrogens with zero attached hydrogens (tertiary/aromatic N) is 1. The van der Waals surface area contributed by atoms with Crippen LogP contribution in [0.1, 0.15) is 17.0 Å². The smallest absolute Gasteiger partial charge is 0.230 e. The van der Waals surface area contributed by atoms with Crippen LogP contribution in [0.25, 0.3) is 0 Å². The van der Waals surface area contributed by atoms with Crippen LogP contribution in [-0.2, 0) is 4.79 Å². The van der Waals surface area contributed by atoms with Crippen molar-refractivity contribution in [2.45, 2.75) is 12.8 Å². The van der Waals surface area contributed by atoms with Crippen LogP contribution in [0.5, 0.6) is 0 Å². The van der Waals surface area contributed by atoms with E-state index in [9.17, 15) is 4.79 Å². The molecule has 1 amide bonds. The molecular formula is C12H18N2O. The Bertz CT molecular complexity index is 330. The van der Waals surface area contributed by atoms with Gasteiger partial charge in [0.1, 0.15) is 0 Å². The zero-order valence-electron chi connectivity index (χ0n) is 9.53. The number of likely N-dealkylation sites (N-methyl/N-ethyl adjacent to an activating group) is 1. The third-order valence-electron chi connectivity index (χ3n) is 2.45. The quantitative estimate of drug-likeness (QED) is 0.805. The molecule has 1 atom stereocenters. The number of benzene rings is 1. The molecule has 0 heterocycles. The number of rotatable bonds is 3. The molecule has 2 N–H and O–H groups in total. The Kier molecular flexibility index (Phi) is 3.86. The van der Waals surface area contributed by atoms with Crippen LogP contribution in [0, 0.1) is 6.92 Å². The number of hydrogen-bond acceptors (Lipinski definition) is 2. The summed E-state index contributed by atoms with van der Waals surface area (Å²) in [6, 6.07) is 7.93. The summed E-state index contributed by atoms with van der Waals surface area (Å²) in [5, 5.41) is 0. The summed E-state index contributed by atoms with van der Waals surface area (Å²) in [6.07, 6.45) is 0. The Morgan fingerprint density at radius 3 is 2.27 bits per heavy atom. The minimum atomic E-state index is -0.222. The molecule has 3 heteroatoms. The first-order valence-corrected chi connectivity index (χ1v) is 5.04. The van der Waals surface area contributed by atoms with Crippen LogP contribution in [0.2, 0.25) is 0 Å². The number of carbonyl (C=O) groups excluding carboxylic acids is 1. The zero-order chi connectivity index (χ0) is 11.4. The van der Waals surface area contributed by atoms with Gasteiger partial charge < -0.3 is 10.6 Å². The molecule has 0 radical (unpaired) electrons. The lowest BCUT2D eigenvalue weighted by Crippen LogP contribution is -2.32. The largest absolute Gasteiger partial charge is 0.348 e. The van der Waals surface area contributed by atoms with Gasteiger partial charge in [-0.25, -0.2) is 0 Å². The van der Waals surface area contributed by atoms with Crippen molar-refractivity contribution >= 4 is 5.91 Å². The van der Waals surface area contributed by atoms with E-state index in [1.165, 1.54) is 5.56 Å². The van der Waals surface area contributed by atoms with Gasteiger partial charge in [-0.3, -0.25) is 4.79 Å². The zero-order valence-corrected chi connectivity index (χ0v) is 9.53. The molecule has 3 nitrogen and oxygen atoms in total. The fourth-order valence-corrected chi connectivity index (χ4v) is 1.49. The number of carbonyl (C=O) groups is 1. The fourth-order valence-electron chi connectivity index (χ4n) is 1.49. The lowest BCUT2D eigenvalue weighted by atomic mass is 9.97. The SMILES string of the molecule is Cc1ccc(C(CN)C(=O)N(C)C)cc1. The molecule has 1 rings (SSSR count). The van der Waals surface area contributed by atoms with Crippen LogP contribution < -0.4 is 5.73 Å². The average Bonchev–Trinajstić information content (AvgIpc) is 2.21. The molecule has 0 saturated carbocycles. The maximum Gasteiger partial charge on any atom is 0.230 e. The lowest BCUT2D eigenvalue weighted by Gasteiger charge is -2.19. The normalized spacial score (nSPS) is 12.3. The molecule has 82 valence electrons. The maximum atomic E-state index is 11.8. The third-order valence-corrected chi connectivity index (χ3v) is 2.45. The molecular weight excluding hydrogens is 188 g/mol. The summed E-state index contributed by atoms with van der Waals surface area (Å²) < 4.78 is 0. The van der Waals surface area contributed by atoms with Crippen molar-refractivity contribution in [2.24, 2.45) is 5.73 Å². The molecule has 0 aliphatic carbocycles. The lowest BCUT2D eigenvalue weighted by molar-refractivity contribution is -0.130. The van der Waals surface area contributed by atoms with Crippen LogP contribution in [0.15, 0.2) is 24.3 Å². The Morgan fingerprint density at radius 2 is 1.87 bits per heavy atom. The van der Waals surface area contributed by atoms with Gasteiger partial charge in [0.05, 0.1) is 5.92 Å². The summed E-state index contributed by atoms with van der Waals surface area (Å²) in [6.45, 7) is 2.37. The van der Waals surface area contributed by atoms with E-state index in [0.717, 1.165) is 5.56 Å². The predicted octanol–water partition coefficient (Wildman–Crippen LogP) is 1.13. The molecule has 0 aliphatic heterocycles. The van der Waals surface area contributed by atoms with E-state index >= 15 is 0 Å². The summed E-state index contributed by atoms with van der Waals surface area (Å²) in [5.74, 6) is -0.165. The molecule has 0 saturated heterocycles. The van der Waals surface area contributed by atoms with Crippen molar-refractivity contribution in [3.63, 3.8) is 0 Å². The topological polar surface area (TPSA) is 46.3 Å². The van der Waals surface area contributed by atoms with E-state index < -0.39 is 0 Å². The Hall–Kier alpha value is -1.35. The van der Waals surface area contributed by atoms with Crippen molar-refractivity contribution in [3.05, 3.63) is 35.4 Å². The van der Waals surface area contributed by atoms with E-state index in [0.29, 0.717) is 6.54 Å². The third kappa shape index (κ3) is 2.80. The first-order valence-electron chi connectivity index (χ1n) is 5.04. The number of aryl methyl sites for hydroxylation is 1. The standard InChI is InChI=1S/C12H18N2O/c1-9-4-6-10(7-5-9)11(8-13)12(15)14(2)3/h4-7,11H,8,13H2,1-3H3. The monoisotopic (exact) mass is 206 g/mol. The van der Waals surface area contributed by atoms with Gasteiger partial charge in [0.25, 0.3) is 0 Å². The van der Waals surface area contributed by atoms with Crippen molar-refractivity contribution in [1.82, 2.24) is 4.90 Å². The van der Waals surface area contributed by atoms with Gasteiger partial charge in [0.2, 0.25) is 5.91 Å². The second-order valence-electron chi connectivity index (χ2n) is 3.93. The van der Waals surface area contributed by atoms with Gasteiger partial charge in [-0.2, -0.15) is 0 Å². The highest BCUT2D eigenvalue weighted by Crippen LogP contribution is 2.17. The first-order chi connectivity index (χ1) is 7.06. The Morgan fingerprint density at radius 1 is 1.33 bits per heavy atom. The minimum Gasteiger partial charge on any atom is -0.348 e. The molecule has 0 fully saturated rings. The van der Waals surface area contributed by atoms with E-state index in [1.807, 2.05) is 31.2 Å². The van der Waals surface area contributed by atoms with Crippen molar-refractivity contribution < 1.29 is 4.79 Å². The highest BCUT2D eigenvalue weighted by Gasteiger charge is 2.20. The van der Waals surface area contributed by atoms with Gasteiger partial charge in [-0.1, -0.05) is 29.8 Å². The van der Waals surface area contributed by atoms with Gasteiger partial charge in [-0.15, -0.1) is 0 Å². The van der Waals surface area contributed by atoms with Gasteiger partial charge in [0.15, 0.2) is 0 Å². The maximum absolute atomic E-state index is 11.8. The first kappa shape index (κ1) is 11.7. The van der Waals surface area contributed by atoms with E-state index in [-0.39, 0.29) is 11.8 Å². The molecule has 0 aromatic heterocycles. The molecule has 1 aromatic carbocycles. The molecule has 1 aromatic rings. The highest BCUT2D eigenvalue weighted by molar-refractivity contribution is 5.83. The van der Waals surface area contributed by atoms with Crippen LogP contribution >= 0.6 is 0 Å². The predicted molar refractivity (Wildman–Crippen MR) is 61.7 cm³/mol. The summed E-state index contributed by atoms with van der Waals surface area (Å²) >= 11 is 0. The summed E-state index contributed by atoms with van der Waals surface area (Å²) in [5.41, 5.74) is 7.81. The molecule has 1 unspecified atom stereocenters. The van der Waals surface area contributed by atoms with Crippen molar-refractivity contribution in [3.8, 4) is 0 Å². The van der Waals surface area contributed by atoms with Gasteiger partial charge >= 0.3 is 0 Å². The van der Waals surface area contributed by atoms with Crippen molar-refractivity contribution in [1.29, 1.82) is 0 Å². The van der Waals surface area contributed by atoms with Gasteiger partial charge in [0, 0.05) is 20.6 Å². The number of amides is 1. The number of nitrogens with two attached hydrogens (primary N) is 1. The molecule has 15 heavy (non-hydrogen) atoms. The minimum absolute atomic E-state index is 0.0568. The van der Waals surface area contributed by atoms with E-state index in [4.69, 9.17) is 5.73 Å². The van der Waals surface area contributed by atoms with Crippen LogP contribution in [0.4, 0.5) is 0 Å². The second-order valence-corrected chi connectivity index (χ2v) is 3.93. The average molecular weight is 206 g/mol. The Labute approximate surface area is 90.9 Å². The van der Waals surface area contributed by atoms with E-state index in [1.54, 1.807) is 19.0 Å². The molecule has 0 bridgehead atoms. The fraction of sp³-hybridized carbons (Fsp3) is 0.417.